The van der Waals surface area contributed by atoms with Crippen LogP contribution in [-0.4, -0.2) is 20.1 Å². The van der Waals surface area contributed by atoms with Crippen molar-refractivity contribution in [3.63, 3.8) is 0 Å². The van der Waals surface area contributed by atoms with E-state index in [9.17, 15) is 30.4 Å². The normalized spacial score (nSPS) is 13.3. The Balaban J connectivity index is 2.26. The zero-order chi connectivity index (χ0) is 17.0. The largest absolute Gasteiger partial charge is 0.388 e. The Morgan fingerprint density at radius 2 is 1.13 bits per heavy atom. The molecule has 0 saturated carbocycles. The third-order valence-electron chi connectivity index (χ3n) is 3.43. The van der Waals surface area contributed by atoms with Gasteiger partial charge in [0.1, 0.15) is 0 Å². The number of nitro benzene ring substituents is 2. The first kappa shape index (κ1) is 16.5. The van der Waals surface area contributed by atoms with Crippen LogP contribution in [0.5, 0.6) is 0 Å². The first-order valence-electron chi connectivity index (χ1n) is 6.74. The summed E-state index contributed by atoms with van der Waals surface area (Å²) in [5.41, 5.74) is -0.435. The number of aliphatic hydroxyl groups is 2. The molecule has 0 aliphatic heterocycles. The lowest BCUT2D eigenvalue weighted by molar-refractivity contribution is -0.386. The summed E-state index contributed by atoms with van der Waals surface area (Å²) in [5, 5.41) is 42.3. The summed E-state index contributed by atoms with van der Waals surface area (Å²) in [5.74, 6) is 0. The van der Waals surface area contributed by atoms with Gasteiger partial charge in [-0.1, -0.05) is 24.3 Å². The third-order valence-corrected chi connectivity index (χ3v) is 3.43. The monoisotopic (exact) mass is 318 g/mol. The summed E-state index contributed by atoms with van der Waals surface area (Å²) in [4.78, 5) is 20.7. The van der Waals surface area contributed by atoms with Crippen LogP contribution < -0.4 is 0 Å². The third kappa shape index (κ3) is 3.68. The van der Waals surface area contributed by atoms with Gasteiger partial charge < -0.3 is 10.2 Å². The predicted octanol–water partition coefficient (Wildman–Crippen LogP) is 2.66. The summed E-state index contributed by atoms with van der Waals surface area (Å²) in [6, 6.07) is 11.3. The fourth-order valence-electron chi connectivity index (χ4n) is 2.34. The Morgan fingerprint density at radius 3 is 1.48 bits per heavy atom. The lowest BCUT2D eigenvalue weighted by Crippen LogP contribution is -2.09. The van der Waals surface area contributed by atoms with E-state index in [1.54, 1.807) is 0 Å². The molecule has 2 aromatic rings. The molecular formula is C15H14N2O6. The Labute approximate surface area is 130 Å². The molecule has 8 heteroatoms. The molecule has 23 heavy (non-hydrogen) atoms. The maximum absolute atomic E-state index is 11.0. The number of nitro groups is 2. The molecule has 0 bridgehead atoms. The van der Waals surface area contributed by atoms with Crippen molar-refractivity contribution in [2.24, 2.45) is 0 Å². The number of aliphatic hydroxyl groups excluding tert-OH is 2. The molecule has 2 N–H and O–H groups in total. The van der Waals surface area contributed by atoms with E-state index in [1.165, 1.54) is 48.5 Å². The van der Waals surface area contributed by atoms with Crippen LogP contribution in [0.2, 0.25) is 0 Å². The zero-order valence-corrected chi connectivity index (χ0v) is 11.9. The van der Waals surface area contributed by atoms with Gasteiger partial charge in [0.05, 0.1) is 33.2 Å². The summed E-state index contributed by atoms with van der Waals surface area (Å²) in [7, 11) is 0. The van der Waals surface area contributed by atoms with Gasteiger partial charge in [0, 0.05) is 18.6 Å². The van der Waals surface area contributed by atoms with Crippen molar-refractivity contribution in [2.75, 3.05) is 0 Å². The van der Waals surface area contributed by atoms with Crippen molar-refractivity contribution in [1.29, 1.82) is 0 Å². The van der Waals surface area contributed by atoms with E-state index >= 15 is 0 Å². The van der Waals surface area contributed by atoms with Gasteiger partial charge in [-0.3, -0.25) is 20.2 Å². The maximum atomic E-state index is 11.0. The minimum Gasteiger partial charge on any atom is -0.388 e. The highest BCUT2D eigenvalue weighted by atomic mass is 16.6. The fraction of sp³-hybridized carbons (Fsp3) is 0.200. The van der Waals surface area contributed by atoms with Gasteiger partial charge >= 0.3 is 0 Å². The number of hydrogen-bond acceptors (Lipinski definition) is 6. The van der Waals surface area contributed by atoms with Crippen molar-refractivity contribution >= 4 is 11.4 Å². The Morgan fingerprint density at radius 1 is 0.783 bits per heavy atom. The Hall–Kier alpha value is -2.84. The standard InChI is InChI=1S/C15H14N2O6/c18-14(10-5-1-3-7-12(10)16(20)21)9-15(19)11-6-2-4-8-13(11)17(22)23/h1-8,14-15,18-19H,9H2. The molecule has 2 unspecified atom stereocenters. The van der Waals surface area contributed by atoms with Crippen LogP contribution in [0.3, 0.4) is 0 Å². The molecular weight excluding hydrogens is 304 g/mol. The molecule has 2 aromatic carbocycles. The summed E-state index contributed by atoms with van der Waals surface area (Å²) >= 11 is 0. The Bertz CT molecular complexity index is 672. The number of benzene rings is 2. The van der Waals surface area contributed by atoms with Gasteiger partial charge in [0.25, 0.3) is 11.4 Å². The topological polar surface area (TPSA) is 127 Å². The van der Waals surface area contributed by atoms with Crippen molar-refractivity contribution in [3.8, 4) is 0 Å². The number of para-hydroxylation sites is 2. The average Bonchev–Trinajstić information content (AvgIpc) is 2.54. The smallest absolute Gasteiger partial charge is 0.275 e. The average molecular weight is 318 g/mol. The van der Waals surface area contributed by atoms with Crippen LogP contribution in [0, 0.1) is 20.2 Å². The van der Waals surface area contributed by atoms with Crippen molar-refractivity contribution < 1.29 is 20.1 Å². The minimum atomic E-state index is -1.33. The van der Waals surface area contributed by atoms with Crippen molar-refractivity contribution in [3.05, 3.63) is 79.9 Å². The maximum Gasteiger partial charge on any atom is 0.275 e. The molecule has 0 aromatic heterocycles. The molecule has 2 atom stereocenters. The highest BCUT2D eigenvalue weighted by Gasteiger charge is 2.26. The second-order valence-electron chi connectivity index (χ2n) is 4.90. The highest BCUT2D eigenvalue weighted by Crippen LogP contribution is 2.34. The van der Waals surface area contributed by atoms with Crippen molar-refractivity contribution in [1.82, 2.24) is 0 Å². The van der Waals surface area contributed by atoms with E-state index in [2.05, 4.69) is 0 Å². The molecule has 0 fully saturated rings. The lowest BCUT2D eigenvalue weighted by atomic mass is 9.97. The fourth-order valence-corrected chi connectivity index (χ4v) is 2.34. The van der Waals surface area contributed by atoms with Crippen LogP contribution in [0.4, 0.5) is 11.4 Å². The molecule has 0 aliphatic rings. The van der Waals surface area contributed by atoms with Crippen LogP contribution in [-0.2, 0) is 0 Å². The lowest BCUT2D eigenvalue weighted by Gasteiger charge is -2.16. The molecule has 2 rings (SSSR count). The van der Waals surface area contributed by atoms with Gasteiger partial charge in [-0.05, 0) is 12.1 Å². The van der Waals surface area contributed by atoms with Gasteiger partial charge in [-0.25, -0.2) is 0 Å². The number of nitrogens with zero attached hydrogens (tertiary/aromatic N) is 2. The predicted molar refractivity (Wildman–Crippen MR) is 80.7 cm³/mol. The van der Waals surface area contributed by atoms with Crippen LogP contribution in [0.25, 0.3) is 0 Å². The molecule has 0 aliphatic carbocycles. The molecule has 120 valence electrons. The molecule has 0 saturated heterocycles. The van der Waals surface area contributed by atoms with Crippen molar-refractivity contribution in [2.45, 2.75) is 18.6 Å². The van der Waals surface area contributed by atoms with Gasteiger partial charge in [-0.15, -0.1) is 0 Å². The molecule has 0 amide bonds. The number of rotatable bonds is 6. The van der Waals surface area contributed by atoms with Crippen LogP contribution >= 0.6 is 0 Å². The van der Waals surface area contributed by atoms with E-state index in [1.807, 2.05) is 0 Å². The Kier molecular flexibility index (Phi) is 4.99. The molecule has 0 radical (unpaired) electrons. The molecule has 0 heterocycles. The first-order chi connectivity index (χ1) is 10.9. The minimum absolute atomic E-state index is 0.0511. The SMILES string of the molecule is O=[N+]([O-])c1ccccc1C(O)CC(O)c1ccccc1[N+](=O)[O-]. The second-order valence-corrected chi connectivity index (χ2v) is 4.90. The van der Waals surface area contributed by atoms with E-state index in [0.717, 1.165) is 0 Å². The zero-order valence-electron chi connectivity index (χ0n) is 11.9. The molecule has 0 spiro atoms. The second kappa shape index (κ2) is 6.95. The summed E-state index contributed by atoms with van der Waals surface area (Å²) < 4.78 is 0. The van der Waals surface area contributed by atoms with Gasteiger partial charge in [0.15, 0.2) is 0 Å². The highest BCUT2D eigenvalue weighted by molar-refractivity contribution is 5.43. The van der Waals surface area contributed by atoms with Gasteiger partial charge in [0.2, 0.25) is 0 Å². The summed E-state index contributed by atoms with van der Waals surface area (Å²) in [6.45, 7) is 0. The van der Waals surface area contributed by atoms with E-state index < -0.39 is 22.1 Å². The van der Waals surface area contributed by atoms with E-state index in [4.69, 9.17) is 0 Å². The molecule has 8 nitrogen and oxygen atoms in total. The van der Waals surface area contributed by atoms with Crippen LogP contribution in [0.1, 0.15) is 29.8 Å². The van der Waals surface area contributed by atoms with Gasteiger partial charge in [-0.2, -0.15) is 0 Å². The summed E-state index contributed by atoms with van der Waals surface area (Å²) in [6.07, 6.45) is -2.95. The first-order valence-corrected chi connectivity index (χ1v) is 6.74. The number of hydrogen-bond donors (Lipinski definition) is 2. The quantitative estimate of drug-likeness (QED) is 0.622. The van der Waals surface area contributed by atoms with Crippen LogP contribution in [0.15, 0.2) is 48.5 Å². The van der Waals surface area contributed by atoms with E-state index in [-0.39, 0.29) is 28.9 Å². The van der Waals surface area contributed by atoms with E-state index in [0.29, 0.717) is 0 Å².